The summed E-state index contributed by atoms with van der Waals surface area (Å²) in [5.74, 6) is 0.692. The van der Waals surface area contributed by atoms with Gasteiger partial charge in [0.15, 0.2) is 20.8 Å². The summed E-state index contributed by atoms with van der Waals surface area (Å²) in [6.45, 7) is 1.81. The number of carbonyl (C=O) groups is 1. The second kappa shape index (κ2) is 8.82. The maximum Gasteiger partial charge on any atom is 0.274 e. The van der Waals surface area contributed by atoms with Crippen LogP contribution in [0.2, 0.25) is 5.02 Å². The van der Waals surface area contributed by atoms with Crippen molar-refractivity contribution in [2.75, 3.05) is 30.1 Å². The molecule has 2 aromatic carbocycles. The van der Waals surface area contributed by atoms with E-state index in [0.29, 0.717) is 27.4 Å². The fourth-order valence-corrected chi connectivity index (χ4v) is 7.77. The molecule has 1 amide bonds. The lowest BCUT2D eigenvalue weighted by Gasteiger charge is -2.26. The van der Waals surface area contributed by atoms with Crippen LogP contribution in [-0.2, 0) is 19.4 Å². The molecule has 2 aliphatic rings. The number of rotatable bonds is 5. The average molecular weight is 481 g/mol. The molecule has 7 nitrogen and oxygen atoms in total. The Labute approximate surface area is 190 Å². The molecule has 0 aliphatic carbocycles. The number of aliphatic imine (C=N–C) groups is 1. The van der Waals surface area contributed by atoms with Gasteiger partial charge in [0.2, 0.25) is 0 Å². The van der Waals surface area contributed by atoms with Gasteiger partial charge >= 0.3 is 0 Å². The Bertz CT molecular complexity index is 1150. The topological polar surface area (TPSA) is 85.3 Å². The van der Waals surface area contributed by atoms with Gasteiger partial charge < -0.3 is 14.4 Å². The molecular weight excluding hydrogens is 460 g/mol. The largest absolute Gasteiger partial charge is 0.455 e. The first-order chi connectivity index (χ1) is 14.8. The van der Waals surface area contributed by atoms with Crippen molar-refractivity contribution in [2.24, 2.45) is 4.99 Å². The van der Waals surface area contributed by atoms with Gasteiger partial charge in [-0.15, -0.1) is 0 Å². The second-order valence-electron chi connectivity index (χ2n) is 7.42. The summed E-state index contributed by atoms with van der Waals surface area (Å²) in [7, 11) is -1.78. The van der Waals surface area contributed by atoms with E-state index in [1.165, 1.54) is 18.9 Å². The van der Waals surface area contributed by atoms with E-state index in [1.54, 1.807) is 23.1 Å². The third kappa shape index (κ3) is 4.90. The van der Waals surface area contributed by atoms with Crippen LogP contribution >= 0.6 is 23.4 Å². The quantitative estimate of drug-likeness (QED) is 0.645. The van der Waals surface area contributed by atoms with Crippen LogP contribution in [-0.4, -0.2) is 56.0 Å². The Kier molecular flexibility index (Phi) is 6.30. The highest BCUT2D eigenvalue weighted by Gasteiger charge is 2.50. The average Bonchev–Trinajstić information content (AvgIpc) is 3.14. The van der Waals surface area contributed by atoms with E-state index in [9.17, 15) is 13.2 Å². The Morgan fingerprint density at radius 2 is 2.06 bits per heavy atom. The summed E-state index contributed by atoms with van der Waals surface area (Å²) >= 11 is 7.58. The summed E-state index contributed by atoms with van der Waals surface area (Å²) in [6, 6.07) is 12.4. The van der Waals surface area contributed by atoms with Gasteiger partial charge in [-0.05, 0) is 42.8 Å². The van der Waals surface area contributed by atoms with Crippen LogP contribution in [0.1, 0.15) is 5.56 Å². The van der Waals surface area contributed by atoms with E-state index in [2.05, 4.69) is 4.99 Å². The first-order valence-corrected chi connectivity index (χ1v) is 12.6. The van der Waals surface area contributed by atoms with Crippen LogP contribution in [0.3, 0.4) is 0 Å². The second-order valence-corrected chi connectivity index (χ2v) is 11.2. The maximum absolute atomic E-state index is 12.3. The molecule has 31 heavy (non-hydrogen) atoms. The van der Waals surface area contributed by atoms with Gasteiger partial charge in [0, 0.05) is 17.4 Å². The first-order valence-electron chi connectivity index (χ1n) is 9.56. The highest BCUT2D eigenvalue weighted by atomic mass is 35.5. The third-order valence-electron chi connectivity index (χ3n) is 4.95. The molecular formula is C21H21ClN2O5S2. The fraction of sp³-hybridized carbons (Fsp3) is 0.333. The van der Waals surface area contributed by atoms with Crippen molar-refractivity contribution >= 4 is 50.0 Å². The van der Waals surface area contributed by atoms with Gasteiger partial charge in [-0.25, -0.2) is 8.42 Å². The van der Waals surface area contributed by atoms with Gasteiger partial charge in [-0.1, -0.05) is 35.5 Å². The van der Waals surface area contributed by atoms with E-state index in [0.717, 1.165) is 5.56 Å². The van der Waals surface area contributed by atoms with Crippen molar-refractivity contribution in [3.63, 3.8) is 0 Å². The molecule has 0 saturated carbocycles. The molecule has 0 N–H and O–H groups in total. The lowest BCUT2D eigenvalue weighted by atomic mass is 10.2. The zero-order chi connectivity index (χ0) is 22.2. The molecule has 4 rings (SSSR count). The minimum atomic E-state index is -3.20. The molecule has 0 bridgehead atoms. The van der Waals surface area contributed by atoms with Gasteiger partial charge in [0.1, 0.15) is 12.4 Å². The molecule has 2 heterocycles. The highest BCUT2D eigenvalue weighted by molar-refractivity contribution is 8.16. The number of carbonyl (C=O) groups excluding carboxylic acids is 1. The zero-order valence-corrected chi connectivity index (χ0v) is 19.3. The number of anilines is 1. The molecule has 2 saturated heterocycles. The van der Waals surface area contributed by atoms with Gasteiger partial charge in [-0.2, -0.15) is 4.99 Å². The van der Waals surface area contributed by atoms with Crippen molar-refractivity contribution in [3.8, 4) is 11.5 Å². The summed E-state index contributed by atoms with van der Waals surface area (Å²) in [5, 5.41) is 0.650. The minimum Gasteiger partial charge on any atom is -0.455 e. The Morgan fingerprint density at radius 1 is 1.26 bits per heavy atom. The van der Waals surface area contributed by atoms with Crippen LogP contribution in [0, 0.1) is 6.92 Å². The van der Waals surface area contributed by atoms with Crippen molar-refractivity contribution in [3.05, 3.63) is 53.1 Å². The van der Waals surface area contributed by atoms with Crippen molar-refractivity contribution in [1.29, 1.82) is 0 Å². The van der Waals surface area contributed by atoms with E-state index < -0.39 is 15.7 Å². The number of hydrogen-bond acceptors (Lipinski definition) is 6. The van der Waals surface area contributed by atoms with Crippen molar-refractivity contribution in [1.82, 2.24) is 0 Å². The van der Waals surface area contributed by atoms with Crippen LogP contribution in [0.15, 0.2) is 47.5 Å². The van der Waals surface area contributed by atoms with Gasteiger partial charge in [-0.3, -0.25) is 4.79 Å². The number of nitrogens with zero attached hydrogens (tertiary/aromatic N) is 2. The molecule has 2 unspecified atom stereocenters. The number of sulfone groups is 1. The first kappa shape index (κ1) is 22.1. The van der Waals surface area contributed by atoms with Crippen molar-refractivity contribution in [2.45, 2.75) is 18.2 Å². The van der Waals surface area contributed by atoms with E-state index in [4.69, 9.17) is 21.1 Å². The monoisotopic (exact) mass is 480 g/mol. The van der Waals surface area contributed by atoms with Crippen LogP contribution in [0.4, 0.5) is 5.69 Å². The van der Waals surface area contributed by atoms with E-state index in [-0.39, 0.29) is 29.4 Å². The Morgan fingerprint density at radius 3 is 2.81 bits per heavy atom. The zero-order valence-electron chi connectivity index (χ0n) is 16.9. The number of hydrogen-bond donors (Lipinski definition) is 0. The fourth-order valence-electron chi connectivity index (χ4n) is 3.68. The summed E-state index contributed by atoms with van der Waals surface area (Å²) in [4.78, 5) is 18.1. The molecule has 2 aromatic rings. The Balaban J connectivity index is 1.78. The lowest BCUT2D eigenvalue weighted by Crippen LogP contribution is -2.38. The number of amidine groups is 1. The summed E-state index contributed by atoms with van der Waals surface area (Å²) < 4.78 is 35.6. The summed E-state index contributed by atoms with van der Waals surface area (Å²) in [6.07, 6.45) is 0. The van der Waals surface area contributed by atoms with Gasteiger partial charge in [0.05, 0.1) is 23.2 Å². The predicted molar refractivity (Wildman–Crippen MR) is 123 cm³/mol. The molecule has 2 atom stereocenters. The van der Waals surface area contributed by atoms with E-state index in [1.807, 2.05) is 31.2 Å². The maximum atomic E-state index is 12.3. The number of benzene rings is 2. The number of ether oxygens (including phenoxy) is 2. The minimum absolute atomic E-state index is 0.0292. The van der Waals surface area contributed by atoms with Crippen LogP contribution in [0.5, 0.6) is 11.5 Å². The number of amides is 1. The number of halogens is 1. The molecule has 10 heteroatoms. The lowest BCUT2D eigenvalue weighted by molar-refractivity contribution is -0.121. The SMILES string of the molecule is COCC(=O)N=C1SC2CS(=O)(=O)CC2N1c1cc(Cl)ccc1Oc1cccc(C)c1. The van der Waals surface area contributed by atoms with Crippen LogP contribution < -0.4 is 9.64 Å². The summed E-state index contributed by atoms with van der Waals surface area (Å²) in [5.41, 5.74) is 1.61. The third-order valence-corrected chi connectivity index (χ3v) is 8.40. The smallest absolute Gasteiger partial charge is 0.274 e. The predicted octanol–water partition coefficient (Wildman–Crippen LogP) is 3.69. The molecule has 0 spiro atoms. The molecule has 2 fully saturated rings. The molecule has 2 aliphatic heterocycles. The highest BCUT2D eigenvalue weighted by Crippen LogP contribution is 2.45. The standard InChI is InChI=1S/C21H21ClN2O5S2/c1-13-4-3-5-15(8-13)29-18-7-6-14(22)9-16(18)24-17-11-31(26,27)12-19(17)30-21(24)23-20(25)10-28-2/h3-9,17,19H,10-12H2,1-2H3. The molecule has 0 radical (unpaired) electrons. The number of methoxy groups -OCH3 is 1. The Hall–Kier alpha value is -2.07. The molecule has 0 aromatic heterocycles. The van der Waals surface area contributed by atoms with Crippen LogP contribution in [0.25, 0.3) is 0 Å². The van der Waals surface area contributed by atoms with Crippen molar-refractivity contribution < 1.29 is 22.7 Å². The normalized spacial score (nSPS) is 23.2. The number of thioether (sulfide) groups is 1. The number of fused-ring (bicyclic) bond motifs is 1. The van der Waals surface area contributed by atoms with Gasteiger partial charge in [0.25, 0.3) is 5.91 Å². The number of aryl methyl sites for hydroxylation is 1. The molecule has 164 valence electrons. The van der Waals surface area contributed by atoms with E-state index >= 15 is 0 Å².